The van der Waals surface area contributed by atoms with E-state index in [2.05, 4.69) is 17.2 Å². The Labute approximate surface area is 107 Å². The Hall–Kier alpha value is -1.68. The third-order valence-corrected chi connectivity index (χ3v) is 2.86. The molecule has 0 spiro atoms. The first-order valence-corrected chi connectivity index (χ1v) is 6.14. The highest BCUT2D eigenvalue weighted by molar-refractivity contribution is 5.19. The number of nitrogens with one attached hydrogen (secondary N) is 1. The van der Waals surface area contributed by atoms with E-state index in [4.69, 9.17) is 0 Å². The normalized spacial score (nSPS) is 12.6. The van der Waals surface area contributed by atoms with Gasteiger partial charge in [-0.05, 0) is 30.7 Å². The van der Waals surface area contributed by atoms with Crippen molar-refractivity contribution in [2.45, 2.75) is 19.4 Å². The van der Waals surface area contributed by atoms with Gasteiger partial charge in [0.15, 0.2) is 0 Å². The predicted octanol–water partition coefficient (Wildman–Crippen LogP) is 2.45. The number of nitrogens with zero attached hydrogens (tertiary/aromatic N) is 2. The maximum Gasteiger partial charge on any atom is 0.123 e. The summed E-state index contributed by atoms with van der Waals surface area (Å²) in [6.07, 6.45) is 4.51. The van der Waals surface area contributed by atoms with Gasteiger partial charge in [-0.15, -0.1) is 0 Å². The molecule has 0 aliphatic rings. The van der Waals surface area contributed by atoms with Crippen molar-refractivity contribution < 1.29 is 4.39 Å². The van der Waals surface area contributed by atoms with Crippen LogP contribution in [0.4, 0.5) is 4.39 Å². The lowest BCUT2D eigenvalue weighted by atomic mass is 10.0. The van der Waals surface area contributed by atoms with Crippen LogP contribution in [-0.2, 0) is 13.5 Å². The van der Waals surface area contributed by atoms with Gasteiger partial charge in [-0.2, -0.15) is 0 Å². The van der Waals surface area contributed by atoms with Gasteiger partial charge in [0.25, 0.3) is 0 Å². The van der Waals surface area contributed by atoms with Crippen LogP contribution < -0.4 is 5.32 Å². The second-order valence-corrected chi connectivity index (χ2v) is 4.41. The van der Waals surface area contributed by atoms with Crippen LogP contribution in [0, 0.1) is 5.82 Å². The van der Waals surface area contributed by atoms with Crippen LogP contribution in [0.5, 0.6) is 0 Å². The number of hydrogen-bond acceptors (Lipinski definition) is 2. The molecule has 96 valence electrons. The molecular weight excluding hydrogens is 229 g/mol. The molecule has 0 saturated heterocycles. The minimum absolute atomic E-state index is 0.123. The van der Waals surface area contributed by atoms with Gasteiger partial charge in [-0.1, -0.05) is 19.1 Å². The molecule has 1 atom stereocenters. The molecule has 2 rings (SSSR count). The summed E-state index contributed by atoms with van der Waals surface area (Å²) in [6.45, 7) is 2.91. The Morgan fingerprint density at radius 1 is 1.44 bits per heavy atom. The van der Waals surface area contributed by atoms with E-state index in [1.807, 2.05) is 23.9 Å². The van der Waals surface area contributed by atoms with E-state index in [0.29, 0.717) is 0 Å². The van der Waals surface area contributed by atoms with E-state index in [1.54, 1.807) is 18.5 Å². The van der Waals surface area contributed by atoms with Crippen molar-refractivity contribution in [2.75, 3.05) is 6.54 Å². The van der Waals surface area contributed by atoms with E-state index in [1.165, 1.54) is 6.07 Å². The fraction of sp³-hybridized carbons (Fsp3) is 0.357. The molecule has 0 amide bonds. The zero-order valence-corrected chi connectivity index (χ0v) is 10.7. The van der Waals surface area contributed by atoms with Gasteiger partial charge >= 0.3 is 0 Å². The third kappa shape index (κ3) is 3.17. The molecule has 1 aromatic carbocycles. The Morgan fingerprint density at radius 2 is 2.28 bits per heavy atom. The SMILES string of the molecule is CCNC(Cc1cccc(F)c1)c1cn(C)cn1. The fourth-order valence-corrected chi connectivity index (χ4v) is 2.04. The molecule has 18 heavy (non-hydrogen) atoms. The lowest BCUT2D eigenvalue weighted by molar-refractivity contribution is 0.535. The summed E-state index contributed by atoms with van der Waals surface area (Å²) < 4.78 is 15.1. The van der Waals surface area contributed by atoms with Crippen molar-refractivity contribution in [3.63, 3.8) is 0 Å². The topological polar surface area (TPSA) is 29.9 Å². The predicted molar refractivity (Wildman–Crippen MR) is 69.7 cm³/mol. The largest absolute Gasteiger partial charge is 0.340 e. The molecule has 0 bridgehead atoms. The van der Waals surface area contributed by atoms with Crippen LogP contribution in [0.3, 0.4) is 0 Å². The lowest BCUT2D eigenvalue weighted by Gasteiger charge is -2.15. The number of hydrogen-bond donors (Lipinski definition) is 1. The van der Waals surface area contributed by atoms with Crippen LogP contribution in [0.1, 0.15) is 24.2 Å². The first kappa shape index (κ1) is 12.8. The highest BCUT2D eigenvalue weighted by Gasteiger charge is 2.13. The highest BCUT2D eigenvalue weighted by Crippen LogP contribution is 2.17. The van der Waals surface area contributed by atoms with Gasteiger partial charge in [0.2, 0.25) is 0 Å². The van der Waals surface area contributed by atoms with Crippen LogP contribution in [0.25, 0.3) is 0 Å². The minimum atomic E-state index is -0.191. The number of likely N-dealkylation sites (N-methyl/N-ethyl adjacent to an activating group) is 1. The Kier molecular flexibility index (Phi) is 4.10. The third-order valence-electron chi connectivity index (χ3n) is 2.86. The molecule has 0 aliphatic carbocycles. The first-order valence-electron chi connectivity index (χ1n) is 6.14. The summed E-state index contributed by atoms with van der Waals surface area (Å²) in [6, 6.07) is 6.85. The molecule has 0 saturated carbocycles. The maximum atomic E-state index is 13.2. The monoisotopic (exact) mass is 247 g/mol. The summed E-state index contributed by atoms with van der Waals surface area (Å²) in [5.41, 5.74) is 1.97. The lowest BCUT2D eigenvalue weighted by Crippen LogP contribution is -2.23. The van der Waals surface area contributed by atoms with Gasteiger partial charge in [-0.3, -0.25) is 0 Å². The van der Waals surface area contributed by atoms with E-state index in [-0.39, 0.29) is 11.9 Å². The maximum absolute atomic E-state index is 13.2. The number of rotatable bonds is 5. The average molecular weight is 247 g/mol. The van der Waals surface area contributed by atoms with Gasteiger partial charge in [-0.25, -0.2) is 9.37 Å². The molecule has 1 aromatic heterocycles. The quantitative estimate of drug-likeness (QED) is 0.879. The zero-order valence-electron chi connectivity index (χ0n) is 10.7. The number of aromatic nitrogens is 2. The van der Waals surface area contributed by atoms with Gasteiger partial charge in [0, 0.05) is 13.2 Å². The van der Waals surface area contributed by atoms with Gasteiger partial charge in [0.05, 0.1) is 18.1 Å². The molecule has 4 heteroatoms. The smallest absolute Gasteiger partial charge is 0.123 e. The molecule has 1 unspecified atom stereocenters. The van der Waals surface area contributed by atoms with Gasteiger partial charge in [0.1, 0.15) is 5.82 Å². The van der Waals surface area contributed by atoms with Crippen molar-refractivity contribution in [1.29, 1.82) is 0 Å². The van der Waals surface area contributed by atoms with Crippen molar-refractivity contribution in [2.24, 2.45) is 7.05 Å². The van der Waals surface area contributed by atoms with Crippen LogP contribution in [0.15, 0.2) is 36.8 Å². The number of halogens is 1. The second-order valence-electron chi connectivity index (χ2n) is 4.41. The van der Waals surface area contributed by atoms with Crippen molar-refractivity contribution in [1.82, 2.24) is 14.9 Å². The van der Waals surface area contributed by atoms with E-state index < -0.39 is 0 Å². The summed E-state index contributed by atoms with van der Waals surface area (Å²) in [5, 5.41) is 3.38. The summed E-state index contributed by atoms with van der Waals surface area (Å²) in [5.74, 6) is -0.191. The van der Waals surface area contributed by atoms with E-state index >= 15 is 0 Å². The highest BCUT2D eigenvalue weighted by atomic mass is 19.1. The number of benzene rings is 1. The molecular formula is C14H18FN3. The van der Waals surface area contributed by atoms with E-state index in [9.17, 15) is 4.39 Å². The number of aryl methyl sites for hydroxylation is 1. The summed E-state index contributed by atoms with van der Waals surface area (Å²) in [7, 11) is 1.95. The molecule has 3 nitrogen and oxygen atoms in total. The van der Waals surface area contributed by atoms with Crippen molar-refractivity contribution in [3.8, 4) is 0 Å². The molecule has 0 fully saturated rings. The average Bonchev–Trinajstić information content (AvgIpc) is 2.75. The van der Waals surface area contributed by atoms with Crippen LogP contribution >= 0.6 is 0 Å². The van der Waals surface area contributed by atoms with Gasteiger partial charge < -0.3 is 9.88 Å². The van der Waals surface area contributed by atoms with Crippen molar-refractivity contribution >= 4 is 0 Å². The standard InChI is InChI=1S/C14H18FN3/c1-3-16-13(14-9-18(2)10-17-14)8-11-5-4-6-12(15)7-11/h4-7,9-10,13,16H,3,8H2,1-2H3. The molecule has 0 aliphatic heterocycles. The molecule has 2 aromatic rings. The summed E-state index contributed by atoms with van der Waals surface area (Å²) >= 11 is 0. The first-order chi connectivity index (χ1) is 8.69. The molecule has 1 heterocycles. The second kappa shape index (κ2) is 5.78. The Morgan fingerprint density at radius 3 is 2.89 bits per heavy atom. The van der Waals surface area contributed by atoms with Crippen molar-refractivity contribution in [3.05, 3.63) is 53.9 Å². The molecule has 0 radical (unpaired) electrons. The Balaban J connectivity index is 2.16. The summed E-state index contributed by atoms with van der Waals surface area (Å²) in [4.78, 5) is 4.36. The minimum Gasteiger partial charge on any atom is -0.340 e. The zero-order chi connectivity index (χ0) is 13.0. The van der Waals surface area contributed by atoms with Crippen LogP contribution in [-0.4, -0.2) is 16.1 Å². The van der Waals surface area contributed by atoms with E-state index in [0.717, 1.165) is 24.2 Å². The Bertz CT molecular complexity index is 507. The number of imidazole rings is 1. The van der Waals surface area contributed by atoms with Crippen LogP contribution in [0.2, 0.25) is 0 Å². The molecule has 1 N–H and O–H groups in total. The fourth-order valence-electron chi connectivity index (χ4n) is 2.04.